The molecule has 0 aliphatic rings. The van der Waals surface area contributed by atoms with E-state index < -0.39 is 0 Å². The predicted octanol–water partition coefficient (Wildman–Crippen LogP) is 3.00. The number of amides is 1. The van der Waals surface area contributed by atoms with Crippen molar-refractivity contribution in [1.82, 2.24) is 10.6 Å². The highest BCUT2D eigenvalue weighted by Gasteiger charge is 2.08. The SMILES string of the molecule is CCCNC(=NCc1cccc(NC(=O)c2ccco2)c1)NCC. The second-order valence-corrected chi connectivity index (χ2v) is 5.25. The Labute approximate surface area is 142 Å². The lowest BCUT2D eigenvalue weighted by molar-refractivity contribution is 0.0996. The number of guanidine groups is 1. The third-order valence-electron chi connectivity index (χ3n) is 3.24. The van der Waals surface area contributed by atoms with Crippen molar-refractivity contribution in [3.63, 3.8) is 0 Å². The van der Waals surface area contributed by atoms with Gasteiger partial charge < -0.3 is 20.4 Å². The van der Waals surface area contributed by atoms with Crippen LogP contribution < -0.4 is 16.0 Å². The average molecular weight is 328 g/mol. The van der Waals surface area contributed by atoms with Crippen molar-refractivity contribution in [2.75, 3.05) is 18.4 Å². The number of carbonyl (C=O) groups excluding carboxylic acids is 1. The van der Waals surface area contributed by atoms with Gasteiger partial charge in [-0.15, -0.1) is 0 Å². The van der Waals surface area contributed by atoms with Gasteiger partial charge in [-0.1, -0.05) is 19.1 Å². The molecular formula is C18H24N4O2. The molecular weight excluding hydrogens is 304 g/mol. The van der Waals surface area contributed by atoms with Crippen LogP contribution in [-0.2, 0) is 6.54 Å². The lowest BCUT2D eigenvalue weighted by atomic mass is 10.2. The molecule has 0 bridgehead atoms. The summed E-state index contributed by atoms with van der Waals surface area (Å²) in [6.45, 7) is 6.37. The topological polar surface area (TPSA) is 78.7 Å². The highest BCUT2D eigenvalue weighted by atomic mass is 16.3. The molecule has 1 heterocycles. The first-order chi connectivity index (χ1) is 11.7. The predicted molar refractivity (Wildman–Crippen MR) is 96.2 cm³/mol. The van der Waals surface area contributed by atoms with Crippen molar-refractivity contribution in [1.29, 1.82) is 0 Å². The van der Waals surface area contributed by atoms with E-state index in [4.69, 9.17) is 4.42 Å². The molecule has 0 saturated heterocycles. The van der Waals surface area contributed by atoms with E-state index >= 15 is 0 Å². The van der Waals surface area contributed by atoms with Crippen LogP contribution in [-0.4, -0.2) is 25.0 Å². The minimum atomic E-state index is -0.265. The van der Waals surface area contributed by atoms with Crippen LogP contribution in [0.1, 0.15) is 36.4 Å². The summed E-state index contributed by atoms with van der Waals surface area (Å²) in [5, 5.41) is 9.29. The largest absolute Gasteiger partial charge is 0.459 e. The summed E-state index contributed by atoms with van der Waals surface area (Å²) < 4.78 is 5.09. The Morgan fingerprint density at radius 1 is 1.17 bits per heavy atom. The number of rotatable bonds is 7. The molecule has 1 amide bonds. The summed E-state index contributed by atoms with van der Waals surface area (Å²) in [5.74, 6) is 0.819. The molecule has 24 heavy (non-hydrogen) atoms. The van der Waals surface area contributed by atoms with Crippen LogP contribution in [0.25, 0.3) is 0 Å². The van der Waals surface area contributed by atoms with Crippen LogP contribution >= 0.6 is 0 Å². The van der Waals surface area contributed by atoms with Gasteiger partial charge in [0.05, 0.1) is 12.8 Å². The minimum absolute atomic E-state index is 0.265. The van der Waals surface area contributed by atoms with Gasteiger partial charge in [-0.05, 0) is 43.2 Å². The van der Waals surface area contributed by atoms with Crippen molar-refractivity contribution in [2.45, 2.75) is 26.8 Å². The molecule has 0 saturated carbocycles. The smallest absolute Gasteiger partial charge is 0.291 e. The van der Waals surface area contributed by atoms with Gasteiger partial charge >= 0.3 is 0 Å². The van der Waals surface area contributed by atoms with Gasteiger partial charge in [0.2, 0.25) is 0 Å². The lowest BCUT2D eigenvalue weighted by Gasteiger charge is -2.10. The molecule has 0 aliphatic heterocycles. The van der Waals surface area contributed by atoms with Gasteiger partial charge in [0, 0.05) is 18.8 Å². The molecule has 0 spiro atoms. The number of hydrogen-bond acceptors (Lipinski definition) is 3. The van der Waals surface area contributed by atoms with E-state index in [1.54, 1.807) is 12.1 Å². The number of nitrogens with zero attached hydrogens (tertiary/aromatic N) is 1. The number of carbonyl (C=O) groups is 1. The molecule has 128 valence electrons. The molecule has 0 fully saturated rings. The molecule has 6 nitrogen and oxygen atoms in total. The van der Waals surface area contributed by atoms with E-state index in [9.17, 15) is 4.79 Å². The summed E-state index contributed by atoms with van der Waals surface area (Å²) in [6.07, 6.45) is 2.52. The fourth-order valence-corrected chi connectivity index (χ4v) is 2.10. The van der Waals surface area contributed by atoms with E-state index in [0.717, 1.165) is 36.7 Å². The molecule has 6 heteroatoms. The molecule has 0 radical (unpaired) electrons. The second-order valence-electron chi connectivity index (χ2n) is 5.25. The van der Waals surface area contributed by atoms with Gasteiger partial charge in [0.25, 0.3) is 5.91 Å². The normalized spacial score (nSPS) is 11.2. The maximum atomic E-state index is 12.0. The van der Waals surface area contributed by atoms with E-state index in [1.165, 1.54) is 6.26 Å². The van der Waals surface area contributed by atoms with Crippen molar-refractivity contribution < 1.29 is 9.21 Å². The molecule has 0 atom stereocenters. The van der Waals surface area contributed by atoms with Crippen LogP contribution in [0.4, 0.5) is 5.69 Å². The Hall–Kier alpha value is -2.76. The molecule has 2 rings (SSSR count). The second kappa shape index (κ2) is 9.39. The first-order valence-electron chi connectivity index (χ1n) is 8.19. The molecule has 2 aromatic rings. The zero-order valence-electron chi connectivity index (χ0n) is 14.1. The molecule has 0 aliphatic carbocycles. The molecule has 1 aromatic heterocycles. The quantitative estimate of drug-likeness (QED) is 0.539. The van der Waals surface area contributed by atoms with Crippen LogP contribution in [0.5, 0.6) is 0 Å². The van der Waals surface area contributed by atoms with Gasteiger partial charge in [-0.2, -0.15) is 0 Å². The first kappa shape index (κ1) is 17.6. The Morgan fingerprint density at radius 3 is 2.75 bits per heavy atom. The fraction of sp³-hybridized carbons (Fsp3) is 0.333. The van der Waals surface area contributed by atoms with Crippen LogP contribution in [0.3, 0.4) is 0 Å². The minimum Gasteiger partial charge on any atom is -0.459 e. The Balaban J connectivity index is 2.00. The van der Waals surface area contributed by atoms with Crippen molar-refractivity contribution in [3.05, 3.63) is 54.0 Å². The number of aliphatic imine (C=N–C) groups is 1. The third-order valence-corrected chi connectivity index (χ3v) is 3.24. The highest BCUT2D eigenvalue weighted by Crippen LogP contribution is 2.13. The number of nitrogens with one attached hydrogen (secondary N) is 3. The number of furan rings is 1. The van der Waals surface area contributed by atoms with Crippen molar-refractivity contribution >= 4 is 17.6 Å². The van der Waals surface area contributed by atoms with E-state index in [-0.39, 0.29) is 11.7 Å². The zero-order chi connectivity index (χ0) is 17.2. The Bertz CT molecular complexity index is 665. The van der Waals surface area contributed by atoms with Gasteiger partial charge in [-0.3, -0.25) is 4.79 Å². The van der Waals surface area contributed by atoms with E-state index in [1.807, 2.05) is 31.2 Å². The fourth-order valence-electron chi connectivity index (χ4n) is 2.10. The monoisotopic (exact) mass is 328 g/mol. The standard InChI is InChI=1S/C18H24N4O2/c1-3-10-20-18(19-4-2)21-13-14-7-5-8-15(12-14)22-17(23)16-9-6-11-24-16/h5-9,11-12H,3-4,10,13H2,1-2H3,(H,22,23)(H2,19,20,21). The van der Waals surface area contributed by atoms with E-state index in [2.05, 4.69) is 27.9 Å². The van der Waals surface area contributed by atoms with Crippen molar-refractivity contribution in [3.8, 4) is 0 Å². The lowest BCUT2D eigenvalue weighted by Crippen LogP contribution is -2.37. The van der Waals surface area contributed by atoms with Gasteiger partial charge in [0.1, 0.15) is 0 Å². The van der Waals surface area contributed by atoms with Crippen molar-refractivity contribution in [2.24, 2.45) is 4.99 Å². The number of anilines is 1. The summed E-state index contributed by atoms with van der Waals surface area (Å²) in [7, 11) is 0. The molecule has 0 unspecified atom stereocenters. The third kappa shape index (κ3) is 5.46. The van der Waals surface area contributed by atoms with Crippen LogP contribution in [0.2, 0.25) is 0 Å². The Morgan fingerprint density at radius 2 is 2.04 bits per heavy atom. The summed E-state index contributed by atoms with van der Waals surface area (Å²) in [4.78, 5) is 16.6. The summed E-state index contributed by atoms with van der Waals surface area (Å²) in [6, 6.07) is 10.9. The number of benzene rings is 1. The van der Waals surface area contributed by atoms with E-state index in [0.29, 0.717) is 6.54 Å². The maximum Gasteiger partial charge on any atom is 0.291 e. The summed E-state index contributed by atoms with van der Waals surface area (Å²) in [5.41, 5.74) is 1.73. The Kier molecular flexibility index (Phi) is 6.89. The average Bonchev–Trinajstić information content (AvgIpc) is 3.12. The van der Waals surface area contributed by atoms with Gasteiger partial charge in [-0.25, -0.2) is 4.99 Å². The van der Waals surface area contributed by atoms with Crippen LogP contribution in [0, 0.1) is 0 Å². The molecule has 3 N–H and O–H groups in total. The molecule has 1 aromatic carbocycles. The first-order valence-corrected chi connectivity index (χ1v) is 8.19. The highest BCUT2D eigenvalue weighted by molar-refractivity contribution is 6.02. The zero-order valence-corrected chi connectivity index (χ0v) is 14.1. The van der Waals surface area contributed by atoms with Crippen LogP contribution in [0.15, 0.2) is 52.1 Å². The van der Waals surface area contributed by atoms with Gasteiger partial charge in [0.15, 0.2) is 11.7 Å². The number of hydrogen-bond donors (Lipinski definition) is 3. The summed E-state index contributed by atoms with van der Waals surface area (Å²) >= 11 is 0. The maximum absolute atomic E-state index is 12.0.